The van der Waals surface area contributed by atoms with Gasteiger partial charge in [-0.25, -0.2) is 4.98 Å². The fourth-order valence-electron chi connectivity index (χ4n) is 1.64. The van der Waals surface area contributed by atoms with Crippen molar-refractivity contribution in [1.82, 2.24) is 9.88 Å². The Bertz CT molecular complexity index is 302. The van der Waals surface area contributed by atoms with Crippen LogP contribution in [-0.2, 0) is 0 Å². The van der Waals surface area contributed by atoms with Crippen molar-refractivity contribution >= 4 is 33.3 Å². The van der Waals surface area contributed by atoms with E-state index in [0.717, 1.165) is 11.6 Å². The van der Waals surface area contributed by atoms with Gasteiger partial charge in [-0.1, -0.05) is 15.9 Å². The molecule has 0 aliphatic carbocycles. The SMILES string of the molecule is BrC(=Cc1nccs1)CN1CCCC1. The van der Waals surface area contributed by atoms with Gasteiger partial charge in [0.2, 0.25) is 0 Å². The van der Waals surface area contributed by atoms with E-state index in [0.29, 0.717) is 0 Å². The summed E-state index contributed by atoms with van der Waals surface area (Å²) in [6, 6.07) is 0. The first kappa shape index (κ1) is 10.3. The third kappa shape index (κ3) is 2.90. The van der Waals surface area contributed by atoms with Crippen molar-refractivity contribution in [3.05, 3.63) is 21.1 Å². The average molecular weight is 273 g/mol. The van der Waals surface area contributed by atoms with Crippen LogP contribution < -0.4 is 0 Å². The summed E-state index contributed by atoms with van der Waals surface area (Å²) in [7, 11) is 0. The summed E-state index contributed by atoms with van der Waals surface area (Å²) in [6.45, 7) is 3.50. The van der Waals surface area contributed by atoms with Crippen LogP contribution in [0.5, 0.6) is 0 Å². The third-order valence-electron chi connectivity index (χ3n) is 2.30. The van der Waals surface area contributed by atoms with Crippen LogP contribution in [0.4, 0.5) is 0 Å². The van der Waals surface area contributed by atoms with Gasteiger partial charge in [-0.05, 0) is 32.0 Å². The molecule has 1 aromatic heterocycles. The Labute approximate surface area is 96.8 Å². The van der Waals surface area contributed by atoms with Gasteiger partial charge in [-0.2, -0.15) is 0 Å². The van der Waals surface area contributed by atoms with Crippen LogP contribution in [-0.4, -0.2) is 29.5 Å². The molecule has 1 saturated heterocycles. The summed E-state index contributed by atoms with van der Waals surface area (Å²) in [5.41, 5.74) is 0. The van der Waals surface area contributed by atoms with Crippen LogP contribution in [0.25, 0.3) is 6.08 Å². The highest BCUT2D eigenvalue weighted by atomic mass is 79.9. The van der Waals surface area contributed by atoms with Crippen LogP contribution in [0.3, 0.4) is 0 Å². The van der Waals surface area contributed by atoms with E-state index >= 15 is 0 Å². The molecule has 14 heavy (non-hydrogen) atoms. The van der Waals surface area contributed by atoms with Crippen molar-refractivity contribution < 1.29 is 0 Å². The predicted molar refractivity (Wildman–Crippen MR) is 64.7 cm³/mol. The lowest BCUT2D eigenvalue weighted by Gasteiger charge is -2.13. The van der Waals surface area contributed by atoms with Crippen molar-refractivity contribution in [2.24, 2.45) is 0 Å². The van der Waals surface area contributed by atoms with E-state index in [-0.39, 0.29) is 0 Å². The van der Waals surface area contributed by atoms with E-state index in [1.807, 2.05) is 11.6 Å². The number of halogens is 1. The lowest BCUT2D eigenvalue weighted by Crippen LogP contribution is -2.20. The summed E-state index contributed by atoms with van der Waals surface area (Å²) in [5, 5.41) is 3.08. The number of hydrogen-bond acceptors (Lipinski definition) is 3. The van der Waals surface area contributed by atoms with E-state index in [1.165, 1.54) is 30.4 Å². The first-order chi connectivity index (χ1) is 6.84. The van der Waals surface area contributed by atoms with Crippen LogP contribution in [0.1, 0.15) is 17.8 Å². The zero-order chi connectivity index (χ0) is 9.80. The van der Waals surface area contributed by atoms with Crippen molar-refractivity contribution in [1.29, 1.82) is 0 Å². The summed E-state index contributed by atoms with van der Waals surface area (Å²) in [5.74, 6) is 0. The first-order valence-corrected chi connectivity index (χ1v) is 6.50. The molecule has 2 nitrogen and oxygen atoms in total. The van der Waals surface area contributed by atoms with Crippen LogP contribution in [0.15, 0.2) is 16.1 Å². The molecule has 0 atom stereocenters. The van der Waals surface area contributed by atoms with Crippen LogP contribution >= 0.6 is 27.3 Å². The third-order valence-corrected chi connectivity index (χ3v) is 3.51. The maximum absolute atomic E-state index is 4.22. The number of nitrogens with zero attached hydrogens (tertiary/aromatic N) is 2. The summed E-state index contributed by atoms with van der Waals surface area (Å²) < 4.78 is 1.23. The highest BCUT2D eigenvalue weighted by molar-refractivity contribution is 9.11. The standard InChI is InChI=1S/C10H13BrN2S/c11-9(7-10-12-3-6-14-10)8-13-4-1-2-5-13/h3,6-7H,1-2,4-5,8H2. The lowest BCUT2D eigenvalue weighted by atomic mass is 10.4. The van der Waals surface area contributed by atoms with Gasteiger partial charge in [0.25, 0.3) is 0 Å². The highest BCUT2D eigenvalue weighted by Gasteiger charge is 2.11. The average Bonchev–Trinajstić information content (AvgIpc) is 2.76. The fraction of sp³-hybridized carbons (Fsp3) is 0.500. The number of thiazole rings is 1. The molecule has 1 aliphatic rings. The first-order valence-electron chi connectivity index (χ1n) is 4.82. The molecule has 2 rings (SSSR count). The van der Waals surface area contributed by atoms with Gasteiger partial charge in [0.05, 0.1) is 0 Å². The lowest BCUT2D eigenvalue weighted by molar-refractivity contribution is 0.376. The van der Waals surface area contributed by atoms with Crippen LogP contribution in [0, 0.1) is 0 Å². The zero-order valence-electron chi connectivity index (χ0n) is 7.95. The number of likely N-dealkylation sites (tertiary alicyclic amines) is 1. The number of rotatable bonds is 3. The fourth-order valence-corrected chi connectivity index (χ4v) is 2.96. The van der Waals surface area contributed by atoms with E-state index < -0.39 is 0 Å². The molecule has 4 heteroatoms. The summed E-state index contributed by atoms with van der Waals surface area (Å²) in [4.78, 5) is 6.69. The monoisotopic (exact) mass is 272 g/mol. The van der Waals surface area contributed by atoms with Gasteiger partial charge in [0.15, 0.2) is 0 Å². The molecule has 1 aromatic rings. The second-order valence-corrected chi connectivity index (χ2v) is 5.39. The Morgan fingerprint density at radius 2 is 2.36 bits per heavy atom. The molecule has 76 valence electrons. The largest absolute Gasteiger partial charge is 0.299 e. The highest BCUT2D eigenvalue weighted by Crippen LogP contribution is 2.17. The maximum atomic E-state index is 4.22. The molecule has 1 aliphatic heterocycles. The van der Waals surface area contributed by atoms with Gasteiger partial charge in [0.1, 0.15) is 5.01 Å². The van der Waals surface area contributed by atoms with Crippen molar-refractivity contribution in [3.8, 4) is 0 Å². The minimum absolute atomic E-state index is 1.03. The predicted octanol–water partition coefficient (Wildman–Crippen LogP) is 2.97. The van der Waals surface area contributed by atoms with Crippen molar-refractivity contribution in [2.45, 2.75) is 12.8 Å². The van der Waals surface area contributed by atoms with Crippen molar-refractivity contribution in [2.75, 3.05) is 19.6 Å². The Morgan fingerprint density at radius 3 is 3.00 bits per heavy atom. The van der Waals surface area contributed by atoms with Gasteiger partial charge < -0.3 is 0 Å². The molecule has 0 saturated carbocycles. The van der Waals surface area contributed by atoms with Gasteiger partial charge in [-0.3, -0.25) is 4.90 Å². The Hall–Kier alpha value is -0.190. The zero-order valence-corrected chi connectivity index (χ0v) is 10.4. The van der Waals surface area contributed by atoms with E-state index in [2.05, 4.69) is 31.9 Å². The Balaban J connectivity index is 1.91. The van der Waals surface area contributed by atoms with Gasteiger partial charge in [-0.15, -0.1) is 11.3 Å². The number of hydrogen-bond donors (Lipinski definition) is 0. The van der Waals surface area contributed by atoms with E-state index in [4.69, 9.17) is 0 Å². The normalized spacial score (nSPS) is 19.1. The second-order valence-electron chi connectivity index (χ2n) is 3.44. The van der Waals surface area contributed by atoms with Crippen molar-refractivity contribution in [3.63, 3.8) is 0 Å². The Morgan fingerprint density at radius 1 is 1.57 bits per heavy atom. The quantitative estimate of drug-likeness (QED) is 0.841. The maximum Gasteiger partial charge on any atom is 0.116 e. The minimum Gasteiger partial charge on any atom is -0.299 e. The molecule has 1 fully saturated rings. The molecular weight excluding hydrogens is 260 g/mol. The molecule has 0 radical (unpaired) electrons. The second kappa shape index (κ2) is 5.05. The van der Waals surface area contributed by atoms with Gasteiger partial charge in [0, 0.05) is 22.6 Å². The molecule has 0 amide bonds. The summed E-state index contributed by atoms with van der Waals surface area (Å²) in [6.07, 6.45) is 6.64. The minimum atomic E-state index is 1.03. The van der Waals surface area contributed by atoms with Gasteiger partial charge >= 0.3 is 0 Å². The summed E-state index contributed by atoms with van der Waals surface area (Å²) >= 11 is 5.27. The molecular formula is C10H13BrN2S. The molecule has 0 N–H and O–H groups in total. The molecule has 0 spiro atoms. The topological polar surface area (TPSA) is 16.1 Å². The smallest absolute Gasteiger partial charge is 0.116 e. The molecule has 0 bridgehead atoms. The molecule has 0 unspecified atom stereocenters. The van der Waals surface area contributed by atoms with E-state index in [9.17, 15) is 0 Å². The number of aromatic nitrogens is 1. The molecule has 2 heterocycles. The molecule has 0 aromatic carbocycles. The van der Waals surface area contributed by atoms with Crippen LogP contribution in [0.2, 0.25) is 0 Å². The Kier molecular flexibility index (Phi) is 3.73. The van der Waals surface area contributed by atoms with E-state index in [1.54, 1.807) is 11.3 Å².